The molecule has 1 aromatic heterocycles. The van der Waals surface area contributed by atoms with Gasteiger partial charge in [0.25, 0.3) is 0 Å². The van der Waals surface area contributed by atoms with E-state index in [0.29, 0.717) is 21.1 Å². The van der Waals surface area contributed by atoms with Crippen LogP contribution in [-0.2, 0) is 9.59 Å². The summed E-state index contributed by atoms with van der Waals surface area (Å²) >= 11 is 8.25. The van der Waals surface area contributed by atoms with E-state index >= 15 is 0 Å². The first kappa shape index (κ1) is 21.2. The van der Waals surface area contributed by atoms with Crippen molar-refractivity contribution in [2.45, 2.75) is 23.1 Å². The maximum absolute atomic E-state index is 13.7. The van der Waals surface area contributed by atoms with Crippen LogP contribution in [0.1, 0.15) is 21.9 Å². The zero-order valence-electron chi connectivity index (χ0n) is 17.6. The van der Waals surface area contributed by atoms with E-state index < -0.39 is 11.2 Å². The molecule has 3 heterocycles. The zero-order valence-corrected chi connectivity index (χ0v) is 20.0. The number of H-pyrrole nitrogens is 1. The second-order valence-electron chi connectivity index (χ2n) is 7.71. The Hall–Kier alpha value is -2.62. The van der Waals surface area contributed by atoms with Gasteiger partial charge in [-0.2, -0.15) is 0 Å². The minimum Gasteiger partial charge on any atom is -0.493 e. The van der Waals surface area contributed by atoms with Crippen LogP contribution in [0, 0.1) is 16.8 Å². The van der Waals surface area contributed by atoms with Crippen LogP contribution in [0.3, 0.4) is 0 Å². The second kappa shape index (κ2) is 8.06. The third-order valence-corrected chi connectivity index (χ3v) is 8.64. The number of thiazole rings is 1. The zero-order chi connectivity index (χ0) is 22.6. The van der Waals surface area contributed by atoms with Crippen LogP contribution < -0.4 is 14.4 Å². The number of rotatable bonds is 4. The van der Waals surface area contributed by atoms with Crippen molar-refractivity contribution in [2.75, 3.05) is 19.1 Å². The van der Waals surface area contributed by atoms with Crippen LogP contribution in [0.25, 0.3) is 0 Å². The number of imide groups is 1. The molecule has 6 nitrogen and oxygen atoms in total. The number of carbonyl (C=O) groups excluding carboxylic acids is 2. The summed E-state index contributed by atoms with van der Waals surface area (Å²) < 4.78 is 11.5. The third kappa shape index (κ3) is 3.27. The highest BCUT2D eigenvalue weighted by atomic mass is 32.2. The van der Waals surface area contributed by atoms with Crippen molar-refractivity contribution in [2.24, 2.45) is 5.92 Å². The number of nitrogens with zero attached hydrogens (tertiary/aromatic N) is 1. The summed E-state index contributed by atoms with van der Waals surface area (Å²) in [5.74, 6) is -0.0685. The normalized spacial score (nSPS) is 22.0. The Bertz CT molecular complexity index is 1280. The van der Waals surface area contributed by atoms with Gasteiger partial charge >= 0.3 is 0 Å². The number of amides is 2. The summed E-state index contributed by atoms with van der Waals surface area (Å²) in [6.07, 6.45) is 0. The predicted molar refractivity (Wildman–Crippen MR) is 128 cm³/mol. The van der Waals surface area contributed by atoms with E-state index in [2.05, 4.69) is 4.98 Å². The van der Waals surface area contributed by atoms with Crippen molar-refractivity contribution in [3.63, 3.8) is 0 Å². The average molecular weight is 485 g/mol. The molecule has 1 fully saturated rings. The number of hydrogen-bond acceptors (Lipinski definition) is 7. The topological polar surface area (TPSA) is 71.6 Å². The molecule has 0 bridgehead atoms. The molecule has 32 heavy (non-hydrogen) atoms. The molecule has 2 aromatic carbocycles. The van der Waals surface area contributed by atoms with Crippen LogP contribution in [0.2, 0.25) is 0 Å². The summed E-state index contributed by atoms with van der Waals surface area (Å²) in [6, 6.07) is 13.1. The Morgan fingerprint density at radius 2 is 1.72 bits per heavy atom. The molecule has 2 amide bonds. The molecule has 3 aromatic rings. The van der Waals surface area contributed by atoms with Crippen LogP contribution >= 0.6 is 35.3 Å². The largest absolute Gasteiger partial charge is 0.493 e. The molecule has 0 saturated carbocycles. The number of methoxy groups -OCH3 is 2. The Labute approximate surface area is 198 Å². The molecule has 9 heteroatoms. The van der Waals surface area contributed by atoms with E-state index in [1.165, 1.54) is 28.0 Å². The first-order valence-electron chi connectivity index (χ1n) is 9.99. The maximum Gasteiger partial charge on any atom is 0.248 e. The lowest BCUT2D eigenvalue weighted by molar-refractivity contribution is -0.122. The Morgan fingerprint density at radius 1 is 1.00 bits per heavy atom. The minimum atomic E-state index is -0.541. The number of carbonyl (C=O) groups is 2. The van der Waals surface area contributed by atoms with E-state index in [-0.39, 0.29) is 17.7 Å². The molecule has 2 aliphatic heterocycles. The number of thioether (sulfide) groups is 1. The maximum atomic E-state index is 13.7. The van der Waals surface area contributed by atoms with E-state index in [1.54, 1.807) is 14.2 Å². The highest BCUT2D eigenvalue weighted by Crippen LogP contribution is 2.54. The number of aromatic nitrogens is 1. The Balaban J connectivity index is 1.65. The summed E-state index contributed by atoms with van der Waals surface area (Å²) in [4.78, 5) is 32.7. The first-order valence-corrected chi connectivity index (χ1v) is 12.1. The fourth-order valence-electron chi connectivity index (χ4n) is 4.37. The predicted octanol–water partition coefficient (Wildman–Crippen LogP) is 4.93. The number of anilines is 1. The molecule has 3 atom stereocenters. The quantitative estimate of drug-likeness (QED) is 0.418. The molecule has 0 unspecified atom stereocenters. The van der Waals surface area contributed by atoms with Gasteiger partial charge in [0.2, 0.25) is 11.8 Å². The summed E-state index contributed by atoms with van der Waals surface area (Å²) in [5.41, 5.74) is 2.55. The van der Waals surface area contributed by atoms with Crippen molar-refractivity contribution in [1.29, 1.82) is 0 Å². The molecule has 0 radical (unpaired) electrons. The van der Waals surface area contributed by atoms with Gasteiger partial charge < -0.3 is 14.5 Å². The number of aromatic amines is 1. The minimum absolute atomic E-state index is 0.193. The lowest BCUT2D eigenvalue weighted by atomic mass is 9.83. The van der Waals surface area contributed by atoms with Gasteiger partial charge in [0.05, 0.1) is 30.9 Å². The Kier molecular flexibility index (Phi) is 5.35. The van der Waals surface area contributed by atoms with Gasteiger partial charge in [-0.3, -0.25) is 9.59 Å². The summed E-state index contributed by atoms with van der Waals surface area (Å²) in [6.45, 7) is 1.97. The fourth-order valence-corrected chi connectivity index (χ4v) is 7.33. The van der Waals surface area contributed by atoms with Crippen molar-refractivity contribution < 1.29 is 19.1 Å². The lowest BCUT2D eigenvalue weighted by Gasteiger charge is -2.30. The van der Waals surface area contributed by atoms with Gasteiger partial charge in [-0.25, -0.2) is 4.90 Å². The molecule has 5 rings (SSSR count). The van der Waals surface area contributed by atoms with Gasteiger partial charge in [-0.05, 0) is 49.0 Å². The summed E-state index contributed by atoms with van der Waals surface area (Å²) in [5, 5.41) is 0.322. The number of hydrogen-bond donors (Lipinski definition) is 1. The molecule has 1 N–H and O–H groups in total. The number of nitrogens with one attached hydrogen (secondary N) is 1. The average Bonchev–Trinajstić information content (AvgIpc) is 3.28. The Morgan fingerprint density at radius 3 is 2.41 bits per heavy atom. The molecular formula is C23H20N2O4S3. The standard InChI is InChI=1S/C23H20N2O4S3/c1-11-4-7-13(8-5-11)25-21(26)17-16(12-6-9-14(28-2)15(10-12)29-3)18-20(24-23(30)32-18)31-19(17)22(25)27/h4-10,16-17,19H,1-3H3,(H,24,30)/t16-,17-,19+/m0/s1. The number of aryl methyl sites for hydroxylation is 1. The van der Waals surface area contributed by atoms with E-state index in [1.807, 2.05) is 49.4 Å². The molecule has 1 saturated heterocycles. The fraction of sp³-hybridized carbons (Fsp3) is 0.261. The van der Waals surface area contributed by atoms with Crippen molar-refractivity contribution in [1.82, 2.24) is 4.98 Å². The first-order chi connectivity index (χ1) is 15.4. The van der Waals surface area contributed by atoms with Gasteiger partial charge in [-0.1, -0.05) is 35.5 Å². The van der Waals surface area contributed by atoms with Crippen LogP contribution in [0.4, 0.5) is 5.69 Å². The van der Waals surface area contributed by atoms with Crippen LogP contribution in [0.15, 0.2) is 47.5 Å². The van der Waals surface area contributed by atoms with Gasteiger partial charge in [0.15, 0.2) is 15.5 Å². The van der Waals surface area contributed by atoms with E-state index in [9.17, 15) is 9.59 Å². The SMILES string of the molecule is COc1ccc([C@@H]2c3sc(=S)[nH]c3S[C@H]3C(=O)N(c4ccc(C)cc4)C(=O)[C@@H]23)cc1OC. The second-order valence-corrected chi connectivity index (χ2v) is 10.6. The third-order valence-electron chi connectivity index (χ3n) is 5.88. The van der Waals surface area contributed by atoms with Gasteiger partial charge in [0.1, 0.15) is 5.25 Å². The number of benzene rings is 2. The number of ether oxygens (including phenoxy) is 2. The van der Waals surface area contributed by atoms with Gasteiger partial charge in [0, 0.05) is 10.8 Å². The van der Waals surface area contributed by atoms with Crippen LogP contribution in [0.5, 0.6) is 11.5 Å². The van der Waals surface area contributed by atoms with Crippen molar-refractivity contribution in [3.05, 3.63) is 62.4 Å². The van der Waals surface area contributed by atoms with E-state index in [0.717, 1.165) is 21.0 Å². The highest BCUT2D eigenvalue weighted by Gasteiger charge is 2.56. The molecule has 0 spiro atoms. The highest BCUT2D eigenvalue weighted by molar-refractivity contribution is 8.01. The molecule has 0 aliphatic carbocycles. The smallest absolute Gasteiger partial charge is 0.248 e. The molecule has 164 valence electrons. The molecular weight excluding hydrogens is 464 g/mol. The monoisotopic (exact) mass is 484 g/mol. The molecule has 2 aliphatic rings. The van der Waals surface area contributed by atoms with E-state index in [4.69, 9.17) is 21.7 Å². The number of fused-ring (bicyclic) bond motifs is 2. The van der Waals surface area contributed by atoms with Gasteiger partial charge in [-0.15, -0.1) is 11.3 Å². The summed E-state index contributed by atoms with van der Waals surface area (Å²) in [7, 11) is 3.16. The lowest BCUT2D eigenvalue weighted by Crippen LogP contribution is -2.32. The van der Waals surface area contributed by atoms with Crippen LogP contribution in [-0.4, -0.2) is 36.3 Å². The van der Waals surface area contributed by atoms with Crippen molar-refractivity contribution >= 4 is 52.8 Å². The van der Waals surface area contributed by atoms with Crippen molar-refractivity contribution in [3.8, 4) is 11.5 Å².